The highest BCUT2D eigenvalue weighted by molar-refractivity contribution is 7.89. The molecular formula is C23H29N3O6S. The Hall–Kier alpha value is -3.11. The molecule has 2 aromatic carbocycles. The van der Waals surface area contributed by atoms with E-state index in [0.717, 1.165) is 5.69 Å². The zero-order valence-electron chi connectivity index (χ0n) is 19.3. The van der Waals surface area contributed by atoms with Crippen LogP contribution in [0.3, 0.4) is 0 Å². The van der Waals surface area contributed by atoms with Crippen molar-refractivity contribution in [2.75, 3.05) is 58.9 Å². The van der Waals surface area contributed by atoms with Crippen molar-refractivity contribution < 1.29 is 27.5 Å². The van der Waals surface area contributed by atoms with E-state index in [4.69, 9.17) is 9.47 Å². The fourth-order valence-corrected chi connectivity index (χ4v) is 5.07. The molecule has 1 aliphatic rings. The standard InChI is InChI=1S/C23H29N3O6S/c1-17(27)18-5-8-20(9-6-18)33(29,30)26-13-11-25(12-14-26)23(28)16-24(2)19-7-10-21(31-3)22(15-19)32-4/h5-10,15H,11-14,16H2,1-4H3. The van der Waals surface area contributed by atoms with Gasteiger partial charge in [-0.2, -0.15) is 4.31 Å². The Balaban J connectivity index is 1.60. The smallest absolute Gasteiger partial charge is 0.243 e. The van der Waals surface area contributed by atoms with Gasteiger partial charge in [0.2, 0.25) is 15.9 Å². The molecule has 1 saturated heterocycles. The average molecular weight is 476 g/mol. The molecule has 1 aliphatic heterocycles. The largest absolute Gasteiger partial charge is 0.493 e. The van der Waals surface area contributed by atoms with Crippen LogP contribution in [0, 0.1) is 0 Å². The van der Waals surface area contributed by atoms with Gasteiger partial charge >= 0.3 is 0 Å². The number of rotatable bonds is 8. The summed E-state index contributed by atoms with van der Waals surface area (Å²) >= 11 is 0. The molecule has 2 aromatic rings. The maximum Gasteiger partial charge on any atom is 0.243 e. The number of benzene rings is 2. The van der Waals surface area contributed by atoms with Gasteiger partial charge in [-0.15, -0.1) is 0 Å². The SMILES string of the molecule is COc1ccc(N(C)CC(=O)N2CCN(S(=O)(=O)c3ccc(C(C)=O)cc3)CC2)cc1OC. The maximum atomic E-state index is 12.9. The van der Waals surface area contributed by atoms with Crippen LogP contribution in [0.5, 0.6) is 11.5 Å². The lowest BCUT2D eigenvalue weighted by Gasteiger charge is -2.35. The van der Waals surface area contributed by atoms with Crippen molar-refractivity contribution in [3.63, 3.8) is 0 Å². The van der Waals surface area contributed by atoms with Crippen LogP contribution in [0.4, 0.5) is 5.69 Å². The van der Waals surface area contributed by atoms with E-state index >= 15 is 0 Å². The molecule has 33 heavy (non-hydrogen) atoms. The lowest BCUT2D eigenvalue weighted by atomic mass is 10.2. The number of amides is 1. The third-order valence-electron chi connectivity index (χ3n) is 5.67. The number of hydrogen-bond donors (Lipinski definition) is 0. The molecule has 1 amide bonds. The number of sulfonamides is 1. The van der Waals surface area contributed by atoms with Crippen molar-refractivity contribution in [2.24, 2.45) is 0 Å². The number of carbonyl (C=O) groups is 2. The van der Waals surface area contributed by atoms with Gasteiger partial charge in [0.15, 0.2) is 17.3 Å². The molecule has 0 radical (unpaired) electrons. The Morgan fingerprint density at radius 1 is 0.939 bits per heavy atom. The van der Waals surface area contributed by atoms with Gasteiger partial charge in [-0.05, 0) is 31.2 Å². The number of anilines is 1. The lowest BCUT2D eigenvalue weighted by molar-refractivity contribution is -0.130. The molecule has 178 valence electrons. The third kappa shape index (κ3) is 5.45. The molecular weight excluding hydrogens is 446 g/mol. The average Bonchev–Trinajstić information content (AvgIpc) is 2.83. The molecule has 10 heteroatoms. The zero-order valence-corrected chi connectivity index (χ0v) is 20.1. The fourth-order valence-electron chi connectivity index (χ4n) is 3.65. The van der Waals surface area contributed by atoms with Gasteiger partial charge in [0.1, 0.15) is 0 Å². The summed E-state index contributed by atoms with van der Waals surface area (Å²) in [5.74, 6) is 0.970. The number of nitrogens with zero attached hydrogens (tertiary/aromatic N) is 3. The highest BCUT2D eigenvalue weighted by Crippen LogP contribution is 2.31. The number of carbonyl (C=O) groups excluding carboxylic acids is 2. The van der Waals surface area contributed by atoms with Crippen molar-refractivity contribution in [1.29, 1.82) is 0 Å². The number of likely N-dealkylation sites (N-methyl/N-ethyl adjacent to an activating group) is 1. The van der Waals surface area contributed by atoms with Crippen molar-refractivity contribution in [1.82, 2.24) is 9.21 Å². The molecule has 0 saturated carbocycles. The molecule has 0 aromatic heterocycles. The van der Waals surface area contributed by atoms with Crippen molar-refractivity contribution in [3.05, 3.63) is 48.0 Å². The van der Waals surface area contributed by atoms with Crippen LogP contribution < -0.4 is 14.4 Å². The molecule has 1 fully saturated rings. The Kier molecular flexibility index (Phi) is 7.60. The second kappa shape index (κ2) is 10.2. The predicted molar refractivity (Wildman–Crippen MR) is 125 cm³/mol. The highest BCUT2D eigenvalue weighted by atomic mass is 32.2. The fraction of sp³-hybridized carbons (Fsp3) is 0.391. The monoisotopic (exact) mass is 475 g/mol. The molecule has 0 aliphatic carbocycles. The summed E-state index contributed by atoms with van der Waals surface area (Å²) in [5, 5.41) is 0. The van der Waals surface area contributed by atoms with E-state index in [-0.39, 0.29) is 36.2 Å². The van der Waals surface area contributed by atoms with E-state index in [9.17, 15) is 18.0 Å². The number of ether oxygens (including phenoxy) is 2. The Labute approximate surface area is 194 Å². The summed E-state index contributed by atoms with van der Waals surface area (Å²) in [7, 11) is 1.24. The van der Waals surface area contributed by atoms with E-state index in [1.807, 2.05) is 18.0 Å². The van der Waals surface area contributed by atoms with Gasteiger partial charge in [-0.25, -0.2) is 8.42 Å². The quantitative estimate of drug-likeness (QED) is 0.538. The van der Waals surface area contributed by atoms with Gasteiger partial charge in [-0.3, -0.25) is 9.59 Å². The summed E-state index contributed by atoms with van der Waals surface area (Å²) in [6.45, 7) is 2.62. The first-order chi connectivity index (χ1) is 15.7. The Bertz CT molecular complexity index is 1110. The van der Waals surface area contributed by atoms with Crippen LogP contribution in [0.1, 0.15) is 17.3 Å². The molecule has 0 bridgehead atoms. The van der Waals surface area contributed by atoms with Crippen LogP contribution in [0.2, 0.25) is 0 Å². The topological polar surface area (TPSA) is 96.5 Å². The minimum atomic E-state index is -3.69. The normalized spacial score (nSPS) is 14.6. The molecule has 0 unspecified atom stereocenters. The van der Waals surface area contributed by atoms with Crippen LogP contribution in [-0.2, 0) is 14.8 Å². The molecule has 1 heterocycles. The van der Waals surface area contributed by atoms with E-state index in [2.05, 4.69) is 0 Å². The van der Waals surface area contributed by atoms with Gasteiger partial charge in [0.05, 0.1) is 25.7 Å². The molecule has 0 spiro atoms. The first-order valence-corrected chi connectivity index (χ1v) is 11.9. The van der Waals surface area contributed by atoms with Crippen molar-refractivity contribution in [2.45, 2.75) is 11.8 Å². The first kappa shape index (κ1) is 24.5. The number of methoxy groups -OCH3 is 2. The minimum absolute atomic E-state index is 0.0878. The molecule has 0 N–H and O–H groups in total. The predicted octanol–water partition coefficient (Wildman–Crippen LogP) is 1.88. The van der Waals surface area contributed by atoms with Crippen LogP contribution >= 0.6 is 0 Å². The highest BCUT2D eigenvalue weighted by Gasteiger charge is 2.30. The van der Waals surface area contributed by atoms with E-state index in [1.165, 1.54) is 35.5 Å². The Morgan fingerprint density at radius 2 is 1.55 bits per heavy atom. The first-order valence-electron chi connectivity index (χ1n) is 10.5. The summed E-state index contributed by atoms with van der Waals surface area (Å²) in [6.07, 6.45) is 0. The van der Waals surface area contributed by atoms with Gasteiger partial charge < -0.3 is 19.3 Å². The summed E-state index contributed by atoms with van der Waals surface area (Å²) in [6, 6.07) is 11.3. The number of Topliss-reactive ketones (excluding diaryl/α,β-unsaturated/α-hetero) is 1. The van der Waals surface area contributed by atoms with Gasteiger partial charge in [-0.1, -0.05) is 12.1 Å². The summed E-state index contributed by atoms with van der Waals surface area (Å²) in [5.41, 5.74) is 1.26. The van der Waals surface area contributed by atoms with Crippen LogP contribution in [0.25, 0.3) is 0 Å². The van der Waals surface area contributed by atoms with Crippen molar-refractivity contribution >= 4 is 27.4 Å². The zero-order chi connectivity index (χ0) is 24.2. The number of hydrogen-bond acceptors (Lipinski definition) is 7. The van der Waals surface area contributed by atoms with Crippen LogP contribution in [-0.4, -0.2) is 83.3 Å². The number of ketones is 1. The third-order valence-corrected chi connectivity index (χ3v) is 7.58. The molecule has 3 rings (SSSR count). The van der Waals surface area contributed by atoms with Crippen LogP contribution in [0.15, 0.2) is 47.4 Å². The molecule has 0 atom stereocenters. The van der Waals surface area contributed by atoms with Crippen molar-refractivity contribution in [3.8, 4) is 11.5 Å². The second-order valence-electron chi connectivity index (χ2n) is 7.76. The summed E-state index contributed by atoms with van der Waals surface area (Å²) in [4.78, 5) is 27.9. The molecule has 9 nitrogen and oxygen atoms in total. The number of piperazine rings is 1. The van der Waals surface area contributed by atoms with Gasteiger partial charge in [0.25, 0.3) is 0 Å². The minimum Gasteiger partial charge on any atom is -0.493 e. The Morgan fingerprint density at radius 3 is 2.09 bits per heavy atom. The lowest BCUT2D eigenvalue weighted by Crippen LogP contribution is -2.52. The summed E-state index contributed by atoms with van der Waals surface area (Å²) < 4.78 is 37.8. The maximum absolute atomic E-state index is 12.9. The van der Waals surface area contributed by atoms with Gasteiger partial charge in [0, 0.05) is 50.5 Å². The van der Waals surface area contributed by atoms with E-state index in [1.54, 1.807) is 31.3 Å². The van der Waals surface area contributed by atoms with E-state index in [0.29, 0.717) is 30.2 Å². The van der Waals surface area contributed by atoms with E-state index < -0.39 is 10.0 Å². The second-order valence-corrected chi connectivity index (χ2v) is 9.70.